The normalized spacial score (nSPS) is 11.3. The summed E-state index contributed by atoms with van der Waals surface area (Å²) >= 11 is 0. The van der Waals surface area contributed by atoms with Crippen molar-refractivity contribution in [1.29, 1.82) is 0 Å². The van der Waals surface area contributed by atoms with E-state index < -0.39 is 0 Å². The molecule has 0 spiro atoms. The second kappa shape index (κ2) is 5.30. The summed E-state index contributed by atoms with van der Waals surface area (Å²) in [5.41, 5.74) is 2.77. The first-order chi connectivity index (χ1) is 9.74. The molecule has 3 rings (SSSR count). The van der Waals surface area contributed by atoms with Gasteiger partial charge >= 0.3 is 0 Å². The van der Waals surface area contributed by atoms with Crippen molar-refractivity contribution < 1.29 is 0 Å². The highest BCUT2D eigenvalue weighted by Crippen LogP contribution is 2.22. The lowest BCUT2D eigenvalue weighted by molar-refractivity contribution is 0.425. The number of H-pyrrole nitrogens is 1. The minimum Gasteiger partial charge on any atom is -0.369 e. The summed E-state index contributed by atoms with van der Waals surface area (Å²) in [5.74, 6) is 0.851. The van der Waals surface area contributed by atoms with Gasteiger partial charge in [0.05, 0.1) is 12.4 Å². The van der Waals surface area contributed by atoms with Gasteiger partial charge in [0.1, 0.15) is 5.82 Å². The predicted octanol–water partition coefficient (Wildman–Crippen LogP) is 1.09. The standard InChI is InChI=1S/C13H17N7/c1-19(2)6-4-14-12-3-5-20-13(18-12)11(9-17-20)10-7-15-16-8-10/h3,5,7-9H,4,6H2,1-2H3,(H,14,18)(H,15,16). The van der Waals surface area contributed by atoms with E-state index in [2.05, 4.69) is 30.5 Å². The van der Waals surface area contributed by atoms with Crippen LogP contribution >= 0.6 is 0 Å². The van der Waals surface area contributed by atoms with Crippen LogP contribution in [0.1, 0.15) is 0 Å². The number of aromatic amines is 1. The van der Waals surface area contributed by atoms with E-state index in [1.54, 1.807) is 16.9 Å². The zero-order valence-electron chi connectivity index (χ0n) is 11.5. The van der Waals surface area contributed by atoms with Crippen LogP contribution in [0.25, 0.3) is 16.8 Å². The van der Waals surface area contributed by atoms with Crippen LogP contribution in [0.15, 0.2) is 30.9 Å². The first-order valence-corrected chi connectivity index (χ1v) is 6.46. The number of fused-ring (bicyclic) bond motifs is 1. The van der Waals surface area contributed by atoms with Gasteiger partial charge in [-0.05, 0) is 20.2 Å². The minimum absolute atomic E-state index is 0.821. The van der Waals surface area contributed by atoms with E-state index in [9.17, 15) is 0 Å². The molecule has 0 radical (unpaired) electrons. The predicted molar refractivity (Wildman–Crippen MR) is 77.6 cm³/mol. The third-order valence-electron chi connectivity index (χ3n) is 3.04. The maximum absolute atomic E-state index is 4.62. The summed E-state index contributed by atoms with van der Waals surface area (Å²) in [6, 6.07) is 1.93. The zero-order chi connectivity index (χ0) is 13.9. The van der Waals surface area contributed by atoms with Crippen molar-refractivity contribution in [3.8, 4) is 11.1 Å². The van der Waals surface area contributed by atoms with Crippen LogP contribution in [0, 0.1) is 0 Å². The number of hydrogen-bond acceptors (Lipinski definition) is 5. The number of rotatable bonds is 5. The van der Waals surface area contributed by atoms with Gasteiger partial charge in [0.25, 0.3) is 0 Å². The van der Waals surface area contributed by atoms with Crippen LogP contribution in [0.3, 0.4) is 0 Å². The Bertz CT molecular complexity index is 684. The molecule has 3 heterocycles. The topological polar surface area (TPSA) is 74.1 Å². The van der Waals surface area contributed by atoms with Gasteiger partial charge in [-0.25, -0.2) is 9.50 Å². The van der Waals surface area contributed by atoms with Gasteiger partial charge in [-0.2, -0.15) is 10.2 Å². The minimum atomic E-state index is 0.821. The molecule has 3 aromatic heterocycles. The molecule has 104 valence electrons. The monoisotopic (exact) mass is 271 g/mol. The molecule has 0 atom stereocenters. The van der Waals surface area contributed by atoms with E-state index in [1.807, 2.05) is 32.6 Å². The van der Waals surface area contributed by atoms with Crippen molar-refractivity contribution in [3.05, 3.63) is 30.9 Å². The third-order valence-corrected chi connectivity index (χ3v) is 3.04. The lowest BCUT2D eigenvalue weighted by Gasteiger charge is -2.10. The molecule has 7 nitrogen and oxygen atoms in total. The second-order valence-corrected chi connectivity index (χ2v) is 4.86. The molecule has 3 aromatic rings. The third kappa shape index (κ3) is 2.48. The molecule has 0 aliphatic carbocycles. The summed E-state index contributed by atoms with van der Waals surface area (Å²) in [7, 11) is 4.10. The fourth-order valence-electron chi connectivity index (χ4n) is 1.98. The largest absolute Gasteiger partial charge is 0.369 e. The SMILES string of the molecule is CN(C)CCNc1ccn2ncc(-c3cn[nH]c3)c2n1. The number of hydrogen-bond donors (Lipinski definition) is 2. The fraction of sp³-hybridized carbons (Fsp3) is 0.308. The highest BCUT2D eigenvalue weighted by atomic mass is 15.3. The van der Waals surface area contributed by atoms with Crippen molar-refractivity contribution >= 4 is 11.5 Å². The molecule has 2 N–H and O–H groups in total. The van der Waals surface area contributed by atoms with E-state index in [4.69, 9.17) is 0 Å². The summed E-state index contributed by atoms with van der Waals surface area (Å²) < 4.78 is 1.76. The highest BCUT2D eigenvalue weighted by Gasteiger charge is 2.09. The number of likely N-dealkylation sites (N-methyl/N-ethyl adjacent to an activating group) is 1. The summed E-state index contributed by atoms with van der Waals surface area (Å²) in [6.45, 7) is 1.81. The Kier molecular flexibility index (Phi) is 3.34. The molecule has 0 aromatic carbocycles. The average molecular weight is 271 g/mol. The van der Waals surface area contributed by atoms with Gasteiger partial charge in [0.2, 0.25) is 0 Å². The van der Waals surface area contributed by atoms with Crippen LogP contribution in [0.5, 0.6) is 0 Å². The summed E-state index contributed by atoms with van der Waals surface area (Å²) in [5, 5.41) is 14.4. The zero-order valence-corrected chi connectivity index (χ0v) is 11.5. The highest BCUT2D eigenvalue weighted by molar-refractivity contribution is 5.76. The lowest BCUT2D eigenvalue weighted by Crippen LogP contribution is -2.21. The number of anilines is 1. The fourth-order valence-corrected chi connectivity index (χ4v) is 1.98. The summed E-state index contributed by atoms with van der Waals surface area (Å²) in [6.07, 6.45) is 7.32. The van der Waals surface area contributed by atoms with Crippen LogP contribution in [-0.4, -0.2) is 56.9 Å². The van der Waals surface area contributed by atoms with E-state index in [0.29, 0.717) is 0 Å². The Labute approximate surface area is 116 Å². The summed E-state index contributed by atoms with van der Waals surface area (Å²) in [4.78, 5) is 6.74. The molecule has 0 fully saturated rings. The molecule has 0 bridgehead atoms. The van der Waals surface area contributed by atoms with Gasteiger partial charge in [0, 0.05) is 36.6 Å². The molecular formula is C13H17N7. The number of nitrogens with one attached hydrogen (secondary N) is 2. The molecule has 0 saturated heterocycles. The van der Waals surface area contributed by atoms with Gasteiger partial charge in [-0.15, -0.1) is 0 Å². The Hall–Kier alpha value is -2.41. The number of nitrogens with zero attached hydrogens (tertiary/aromatic N) is 5. The number of aromatic nitrogens is 5. The maximum Gasteiger partial charge on any atom is 0.165 e. The van der Waals surface area contributed by atoms with E-state index in [0.717, 1.165) is 35.7 Å². The smallest absolute Gasteiger partial charge is 0.165 e. The van der Waals surface area contributed by atoms with Gasteiger partial charge < -0.3 is 10.2 Å². The second-order valence-electron chi connectivity index (χ2n) is 4.86. The van der Waals surface area contributed by atoms with E-state index in [-0.39, 0.29) is 0 Å². The van der Waals surface area contributed by atoms with Gasteiger partial charge in [-0.3, -0.25) is 5.10 Å². The molecule has 0 saturated carbocycles. The van der Waals surface area contributed by atoms with Gasteiger partial charge in [-0.1, -0.05) is 0 Å². The quantitative estimate of drug-likeness (QED) is 0.726. The van der Waals surface area contributed by atoms with Crippen LogP contribution < -0.4 is 5.32 Å². The Morgan fingerprint density at radius 1 is 1.35 bits per heavy atom. The molecule has 7 heteroatoms. The molecule has 0 unspecified atom stereocenters. The Balaban J connectivity index is 1.87. The molecule has 0 amide bonds. The maximum atomic E-state index is 4.62. The van der Waals surface area contributed by atoms with Crippen LogP contribution in [0.4, 0.5) is 5.82 Å². The Morgan fingerprint density at radius 2 is 2.25 bits per heavy atom. The van der Waals surface area contributed by atoms with E-state index in [1.165, 1.54) is 0 Å². The molecule has 20 heavy (non-hydrogen) atoms. The van der Waals surface area contributed by atoms with E-state index >= 15 is 0 Å². The van der Waals surface area contributed by atoms with Crippen LogP contribution in [-0.2, 0) is 0 Å². The van der Waals surface area contributed by atoms with Crippen molar-refractivity contribution in [2.24, 2.45) is 0 Å². The lowest BCUT2D eigenvalue weighted by atomic mass is 10.2. The van der Waals surface area contributed by atoms with Crippen LogP contribution in [0.2, 0.25) is 0 Å². The molecular weight excluding hydrogens is 254 g/mol. The van der Waals surface area contributed by atoms with Crippen molar-refractivity contribution in [3.63, 3.8) is 0 Å². The average Bonchev–Trinajstić information content (AvgIpc) is 3.06. The van der Waals surface area contributed by atoms with Crippen molar-refractivity contribution in [2.75, 3.05) is 32.5 Å². The first kappa shape index (κ1) is 12.6. The van der Waals surface area contributed by atoms with Gasteiger partial charge in [0.15, 0.2) is 5.65 Å². The molecule has 0 aliphatic rings. The Morgan fingerprint density at radius 3 is 3.00 bits per heavy atom. The van der Waals surface area contributed by atoms with Crippen molar-refractivity contribution in [2.45, 2.75) is 0 Å². The van der Waals surface area contributed by atoms with Crippen molar-refractivity contribution in [1.82, 2.24) is 29.7 Å². The molecule has 0 aliphatic heterocycles. The first-order valence-electron chi connectivity index (χ1n) is 6.46.